The molecule has 7 heteroatoms. The normalized spacial score (nSPS) is 10.0. The standard InChI is InChI=1S/C11H12N4O3/c16-10(15-9-5-13-14-6-9)1-3-12-11(17)8-2-4-18-7-8/h2,4-7H,1,3H2,(H,12,17)(H,13,14)(H,15,16). The van der Waals surface area contributed by atoms with E-state index in [1.165, 1.54) is 18.7 Å². The van der Waals surface area contributed by atoms with Gasteiger partial charge < -0.3 is 15.1 Å². The second kappa shape index (κ2) is 5.67. The van der Waals surface area contributed by atoms with Gasteiger partial charge in [0.15, 0.2) is 0 Å². The maximum atomic E-state index is 11.5. The molecular weight excluding hydrogens is 236 g/mol. The van der Waals surface area contributed by atoms with E-state index >= 15 is 0 Å². The van der Waals surface area contributed by atoms with Crippen LogP contribution in [-0.4, -0.2) is 28.6 Å². The van der Waals surface area contributed by atoms with Gasteiger partial charge in [0.2, 0.25) is 5.91 Å². The van der Waals surface area contributed by atoms with E-state index in [1.807, 2.05) is 0 Å². The Morgan fingerprint density at radius 3 is 3.00 bits per heavy atom. The van der Waals surface area contributed by atoms with Crippen LogP contribution in [0.3, 0.4) is 0 Å². The Morgan fingerprint density at radius 1 is 1.44 bits per heavy atom. The van der Waals surface area contributed by atoms with E-state index in [0.717, 1.165) is 0 Å². The van der Waals surface area contributed by atoms with Crippen molar-refractivity contribution in [2.45, 2.75) is 6.42 Å². The third kappa shape index (κ3) is 3.21. The number of H-pyrrole nitrogens is 1. The number of carbonyl (C=O) groups excluding carboxylic acids is 2. The lowest BCUT2D eigenvalue weighted by Crippen LogP contribution is -2.27. The molecule has 0 atom stereocenters. The van der Waals surface area contributed by atoms with Crippen LogP contribution in [0.25, 0.3) is 0 Å². The van der Waals surface area contributed by atoms with Gasteiger partial charge in [-0.05, 0) is 6.07 Å². The van der Waals surface area contributed by atoms with E-state index in [0.29, 0.717) is 11.3 Å². The molecule has 7 nitrogen and oxygen atoms in total. The molecule has 0 unspecified atom stereocenters. The summed E-state index contributed by atoms with van der Waals surface area (Å²) in [6.45, 7) is 0.258. The van der Waals surface area contributed by atoms with Crippen LogP contribution in [0.15, 0.2) is 35.4 Å². The van der Waals surface area contributed by atoms with Crippen LogP contribution in [0.1, 0.15) is 16.8 Å². The Kier molecular flexibility index (Phi) is 3.75. The molecule has 0 radical (unpaired) electrons. The molecule has 18 heavy (non-hydrogen) atoms. The summed E-state index contributed by atoms with van der Waals surface area (Å²) in [5.74, 6) is -0.455. The number of nitrogens with zero attached hydrogens (tertiary/aromatic N) is 1. The van der Waals surface area contributed by atoms with E-state index < -0.39 is 0 Å². The summed E-state index contributed by atoms with van der Waals surface area (Å²) >= 11 is 0. The molecule has 0 bridgehead atoms. The van der Waals surface area contributed by atoms with E-state index in [1.54, 1.807) is 12.3 Å². The number of hydrogen-bond donors (Lipinski definition) is 3. The Morgan fingerprint density at radius 2 is 2.33 bits per heavy atom. The summed E-state index contributed by atoms with van der Waals surface area (Å²) in [7, 11) is 0. The largest absolute Gasteiger partial charge is 0.472 e. The number of rotatable bonds is 5. The van der Waals surface area contributed by atoms with Crippen molar-refractivity contribution in [3.05, 3.63) is 36.5 Å². The van der Waals surface area contributed by atoms with Crippen molar-refractivity contribution >= 4 is 17.5 Å². The van der Waals surface area contributed by atoms with Crippen molar-refractivity contribution in [1.29, 1.82) is 0 Å². The van der Waals surface area contributed by atoms with Crippen LogP contribution < -0.4 is 10.6 Å². The number of aromatic amines is 1. The highest BCUT2D eigenvalue weighted by Gasteiger charge is 2.07. The van der Waals surface area contributed by atoms with Gasteiger partial charge >= 0.3 is 0 Å². The van der Waals surface area contributed by atoms with Crippen molar-refractivity contribution in [3.8, 4) is 0 Å². The zero-order valence-electron chi connectivity index (χ0n) is 9.47. The molecule has 0 aromatic carbocycles. The van der Waals surface area contributed by atoms with Gasteiger partial charge in [-0.25, -0.2) is 0 Å². The molecule has 3 N–H and O–H groups in total. The summed E-state index contributed by atoms with van der Waals surface area (Å²) in [6.07, 6.45) is 6.03. The van der Waals surface area contributed by atoms with Gasteiger partial charge in [-0.2, -0.15) is 5.10 Å². The van der Waals surface area contributed by atoms with Crippen molar-refractivity contribution < 1.29 is 14.0 Å². The number of amides is 2. The minimum atomic E-state index is -0.264. The molecule has 0 saturated carbocycles. The molecule has 0 fully saturated rings. The lowest BCUT2D eigenvalue weighted by molar-refractivity contribution is -0.116. The first kappa shape index (κ1) is 11.9. The lowest BCUT2D eigenvalue weighted by atomic mass is 10.3. The molecule has 2 aromatic heterocycles. The summed E-state index contributed by atoms with van der Waals surface area (Å²) in [5.41, 5.74) is 1.03. The summed E-state index contributed by atoms with van der Waals surface area (Å²) in [6, 6.07) is 1.56. The maximum absolute atomic E-state index is 11.5. The number of anilines is 1. The van der Waals surface area contributed by atoms with Crippen molar-refractivity contribution in [2.24, 2.45) is 0 Å². The molecule has 0 aliphatic carbocycles. The summed E-state index contributed by atoms with van der Waals surface area (Å²) < 4.78 is 4.78. The molecule has 2 amide bonds. The number of nitrogens with one attached hydrogen (secondary N) is 3. The Balaban J connectivity index is 1.69. The summed E-state index contributed by atoms with van der Waals surface area (Å²) in [5, 5.41) is 11.5. The lowest BCUT2D eigenvalue weighted by Gasteiger charge is -2.03. The van der Waals surface area contributed by atoms with Gasteiger partial charge in [0.05, 0.1) is 23.7 Å². The first-order valence-electron chi connectivity index (χ1n) is 5.35. The van der Waals surface area contributed by atoms with Crippen LogP contribution in [0.2, 0.25) is 0 Å². The van der Waals surface area contributed by atoms with E-state index in [-0.39, 0.29) is 24.8 Å². The maximum Gasteiger partial charge on any atom is 0.254 e. The third-order valence-corrected chi connectivity index (χ3v) is 2.20. The second-order valence-corrected chi connectivity index (χ2v) is 3.55. The number of furan rings is 1. The minimum Gasteiger partial charge on any atom is -0.472 e. The fourth-order valence-electron chi connectivity index (χ4n) is 1.33. The van der Waals surface area contributed by atoms with Gasteiger partial charge in [0, 0.05) is 19.2 Å². The fraction of sp³-hybridized carbons (Fsp3) is 0.182. The van der Waals surface area contributed by atoms with Gasteiger partial charge in [0.25, 0.3) is 5.91 Å². The topological polar surface area (TPSA) is 100 Å². The molecule has 0 saturated heterocycles. The van der Waals surface area contributed by atoms with Gasteiger partial charge in [-0.1, -0.05) is 0 Å². The van der Waals surface area contributed by atoms with Gasteiger partial charge in [-0.15, -0.1) is 0 Å². The molecule has 0 aliphatic heterocycles. The van der Waals surface area contributed by atoms with Gasteiger partial charge in [-0.3, -0.25) is 14.7 Å². The van der Waals surface area contributed by atoms with E-state index in [4.69, 9.17) is 4.42 Å². The zero-order valence-corrected chi connectivity index (χ0v) is 9.47. The average Bonchev–Trinajstić information content (AvgIpc) is 3.00. The second-order valence-electron chi connectivity index (χ2n) is 3.55. The Hall–Kier alpha value is -2.57. The van der Waals surface area contributed by atoms with E-state index in [2.05, 4.69) is 20.8 Å². The quantitative estimate of drug-likeness (QED) is 0.727. The van der Waals surface area contributed by atoms with Crippen LogP contribution >= 0.6 is 0 Å². The van der Waals surface area contributed by atoms with Crippen LogP contribution in [-0.2, 0) is 4.79 Å². The molecule has 0 spiro atoms. The predicted octanol–water partition coefficient (Wildman–Crippen LogP) is 0.761. The Bertz CT molecular complexity index is 504. The fourth-order valence-corrected chi connectivity index (χ4v) is 1.33. The zero-order chi connectivity index (χ0) is 12.8. The molecule has 2 rings (SSSR count). The van der Waals surface area contributed by atoms with Crippen molar-refractivity contribution in [1.82, 2.24) is 15.5 Å². The van der Waals surface area contributed by atoms with Crippen LogP contribution in [0.4, 0.5) is 5.69 Å². The third-order valence-electron chi connectivity index (χ3n) is 2.20. The number of aromatic nitrogens is 2. The monoisotopic (exact) mass is 248 g/mol. The van der Waals surface area contributed by atoms with E-state index in [9.17, 15) is 9.59 Å². The van der Waals surface area contributed by atoms with Crippen LogP contribution in [0, 0.1) is 0 Å². The first-order chi connectivity index (χ1) is 8.75. The van der Waals surface area contributed by atoms with Gasteiger partial charge in [0.1, 0.15) is 6.26 Å². The van der Waals surface area contributed by atoms with Crippen LogP contribution in [0.5, 0.6) is 0 Å². The SMILES string of the molecule is O=C(CCNC(=O)c1ccoc1)Nc1cn[nH]c1. The average molecular weight is 248 g/mol. The number of carbonyl (C=O) groups is 2. The first-order valence-corrected chi connectivity index (χ1v) is 5.35. The predicted molar refractivity (Wildman–Crippen MR) is 62.9 cm³/mol. The molecule has 0 aliphatic rings. The highest BCUT2D eigenvalue weighted by atomic mass is 16.3. The molecular formula is C11H12N4O3. The highest BCUT2D eigenvalue weighted by Crippen LogP contribution is 2.02. The smallest absolute Gasteiger partial charge is 0.254 e. The molecule has 2 heterocycles. The minimum absolute atomic E-state index is 0.189. The molecule has 94 valence electrons. The summed E-state index contributed by atoms with van der Waals surface area (Å²) in [4.78, 5) is 22.9. The van der Waals surface area contributed by atoms with Crippen molar-refractivity contribution in [3.63, 3.8) is 0 Å². The number of hydrogen-bond acceptors (Lipinski definition) is 4. The highest BCUT2D eigenvalue weighted by molar-refractivity contribution is 5.94. The van der Waals surface area contributed by atoms with Crippen molar-refractivity contribution in [2.75, 3.05) is 11.9 Å². The molecule has 2 aromatic rings. The Labute approximate surface area is 103 Å².